The first-order valence-corrected chi connectivity index (χ1v) is 14.0. The molecule has 7 heteroatoms. The highest BCUT2D eigenvalue weighted by atomic mass is 16.5. The van der Waals surface area contributed by atoms with Crippen LogP contribution in [0.5, 0.6) is 0 Å². The van der Waals surface area contributed by atoms with Gasteiger partial charge in [0.2, 0.25) is 11.8 Å². The van der Waals surface area contributed by atoms with Gasteiger partial charge in [-0.05, 0) is 61.7 Å². The van der Waals surface area contributed by atoms with Crippen molar-refractivity contribution in [2.24, 2.45) is 35.0 Å². The van der Waals surface area contributed by atoms with Crippen molar-refractivity contribution in [3.63, 3.8) is 0 Å². The molecule has 3 rings (SSSR count). The first-order valence-electron chi connectivity index (χ1n) is 14.0. The Kier molecular flexibility index (Phi) is 10.4. The lowest BCUT2D eigenvalue weighted by atomic mass is 9.51. The van der Waals surface area contributed by atoms with Crippen LogP contribution in [-0.2, 0) is 19.1 Å². The molecular weight excluding hydrogens is 444 g/mol. The highest BCUT2D eigenvalue weighted by molar-refractivity contribution is 5.79. The summed E-state index contributed by atoms with van der Waals surface area (Å²) in [6.07, 6.45) is 8.84. The van der Waals surface area contributed by atoms with Gasteiger partial charge in [0.15, 0.2) is 0 Å². The average molecular weight is 495 g/mol. The molecule has 0 unspecified atom stereocenters. The summed E-state index contributed by atoms with van der Waals surface area (Å²) in [5.74, 6) is 0.333. The van der Waals surface area contributed by atoms with E-state index in [4.69, 9.17) is 9.47 Å². The maximum absolute atomic E-state index is 13.5. The number of hydrogen-bond donors (Lipinski definition) is 2. The lowest BCUT2D eigenvalue weighted by Gasteiger charge is -2.56. The number of ether oxygens (including phenoxy) is 2. The van der Waals surface area contributed by atoms with Gasteiger partial charge in [-0.15, -0.1) is 0 Å². The number of hydrogen-bond acceptors (Lipinski definition) is 5. The smallest absolute Gasteiger partial charge is 0.225 e. The normalized spacial score (nSPS) is 34.6. The summed E-state index contributed by atoms with van der Waals surface area (Å²) in [5.41, 5.74) is 0.0515. The van der Waals surface area contributed by atoms with E-state index < -0.39 is 6.10 Å². The quantitative estimate of drug-likeness (QED) is 0.484. The Morgan fingerprint density at radius 1 is 1.03 bits per heavy atom. The topological polar surface area (TPSA) is 88.1 Å². The number of carbonyl (C=O) groups excluding carboxylic acids is 2. The fraction of sp³-hybridized carbons (Fsp3) is 0.929. The average Bonchev–Trinajstić information content (AvgIpc) is 2.85. The van der Waals surface area contributed by atoms with Crippen LogP contribution in [-0.4, -0.2) is 74.5 Å². The van der Waals surface area contributed by atoms with Crippen molar-refractivity contribution in [1.29, 1.82) is 0 Å². The summed E-state index contributed by atoms with van der Waals surface area (Å²) < 4.78 is 10.4. The van der Waals surface area contributed by atoms with E-state index in [0.717, 1.165) is 51.4 Å². The third kappa shape index (κ3) is 6.58. The lowest BCUT2D eigenvalue weighted by molar-refractivity contribution is -0.152. The number of aliphatic hydroxyl groups is 1. The van der Waals surface area contributed by atoms with E-state index in [9.17, 15) is 14.7 Å². The van der Waals surface area contributed by atoms with Crippen LogP contribution in [0.25, 0.3) is 0 Å². The predicted molar refractivity (Wildman–Crippen MR) is 137 cm³/mol. The van der Waals surface area contributed by atoms with Crippen LogP contribution in [0.1, 0.15) is 78.6 Å². The third-order valence-corrected chi connectivity index (χ3v) is 9.67. The zero-order valence-electron chi connectivity index (χ0n) is 22.8. The Balaban J connectivity index is 1.69. The monoisotopic (exact) mass is 494 g/mol. The zero-order chi connectivity index (χ0) is 25.6. The fourth-order valence-corrected chi connectivity index (χ4v) is 7.37. The standard InChI is InChI=1S/C28H50N2O5/c1-19(27(33)30(15-17-34-4)16-18-35-5)22-11-13-28(3)14-12-23(20(2)24(28)25(22)31)29-26(32)21-9-7-6-8-10-21/h19-25,31H,6-18H2,1-5H3,(H,29,32)/t19-,20+,22+,23-,24+,25-,28-/m0/s1. The second-order valence-corrected chi connectivity index (χ2v) is 11.8. The molecule has 0 aliphatic heterocycles. The van der Waals surface area contributed by atoms with Gasteiger partial charge < -0.3 is 24.8 Å². The van der Waals surface area contributed by atoms with Gasteiger partial charge >= 0.3 is 0 Å². The minimum atomic E-state index is -0.552. The van der Waals surface area contributed by atoms with Crippen molar-refractivity contribution in [2.75, 3.05) is 40.5 Å². The van der Waals surface area contributed by atoms with Gasteiger partial charge in [-0.3, -0.25) is 9.59 Å². The molecule has 2 N–H and O–H groups in total. The van der Waals surface area contributed by atoms with Crippen LogP contribution in [0, 0.1) is 35.0 Å². The molecular formula is C28H50N2O5. The molecule has 0 aromatic heterocycles. The predicted octanol–water partition coefficient (Wildman–Crippen LogP) is 3.63. The Morgan fingerprint density at radius 3 is 2.23 bits per heavy atom. The third-order valence-electron chi connectivity index (χ3n) is 9.67. The van der Waals surface area contributed by atoms with Crippen LogP contribution >= 0.6 is 0 Å². The van der Waals surface area contributed by atoms with E-state index in [1.807, 2.05) is 11.8 Å². The van der Waals surface area contributed by atoms with E-state index in [1.54, 1.807) is 14.2 Å². The van der Waals surface area contributed by atoms with Crippen LogP contribution in [0.3, 0.4) is 0 Å². The fourth-order valence-electron chi connectivity index (χ4n) is 7.37. The molecule has 35 heavy (non-hydrogen) atoms. The number of nitrogens with zero attached hydrogens (tertiary/aromatic N) is 1. The molecule has 7 atom stereocenters. The van der Waals surface area contributed by atoms with Crippen molar-refractivity contribution in [1.82, 2.24) is 10.2 Å². The van der Waals surface area contributed by atoms with E-state index in [-0.39, 0.29) is 52.9 Å². The number of methoxy groups -OCH3 is 2. The summed E-state index contributed by atoms with van der Waals surface area (Å²) in [6.45, 7) is 8.50. The summed E-state index contributed by atoms with van der Waals surface area (Å²) in [4.78, 5) is 28.3. The molecule has 0 spiro atoms. The van der Waals surface area contributed by atoms with E-state index in [2.05, 4.69) is 19.2 Å². The molecule has 3 saturated carbocycles. The van der Waals surface area contributed by atoms with Crippen LogP contribution in [0.2, 0.25) is 0 Å². The van der Waals surface area contributed by atoms with Crippen molar-refractivity contribution in [2.45, 2.75) is 90.7 Å². The van der Waals surface area contributed by atoms with Gasteiger partial charge in [-0.2, -0.15) is 0 Å². The molecule has 0 saturated heterocycles. The van der Waals surface area contributed by atoms with E-state index >= 15 is 0 Å². The van der Waals surface area contributed by atoms with Gasteiger partial charge in [-0.1, -0.05) is 40.0 Å². The SMILES string of the molecule is COCCN(CCOC)C(=O)[C@@H](C)[C@H]1CC[C@@]2(C)CC[C@H](NC(=O)C3CCCCC3)[C@@H](C)[C@@H]2[C@H]1O. The molecule has 0 radical (unpaired) electrons. The minimum Gasteiger partial charge on any atom is -0.392 e. The Bertz CT molecular complexity index is 689. The van der Waals surface area contributed by atoms with Crippen molar-refractivity contribution >= 4 is 11.8 Å². The Morgan fingerprint density at radius 2 is 1.63 bits per heavy atom. The van der Waals surface area contributed by atoms with Gasteiger partial charge in [-0.25, -0.2) is 0 Å². The molecule has 3 fully saturated rings. The molecule has 3 aliphatic carbocycles. The Hall–Kier alpha value is -1.18. The molecule has 0 aromatic carbocycles. The molecule has 2 amide bonds. The minimum absolute atomic E-state index is 0.0515. The Labute approximate surface area is 212 Å². The lowest BCUT2D eigenvalue weighted by Crippen LogP contribution is -2.59. The van der Waals surface area contributed by atoms with Crippen molar-refractivity contribution in [3.05, 3.63) is 0 Å². The second kappa shape index (κ2) is 12.9. The largest absolute Gasteiger partial charge is 0.392 e. The highest BCUT2D eigenvalue weighted by Gasteiger charge is 2.54. The zero-order valence-corrected chi connectivity index (χ0v) is 22.8. The number of amides is 2. The van der Waals surface area contributed by atoms with Crippen LogP contribution in [0.4, 0.5) is 0 Å². The molecule has 7 nitrogen and oxygen atoms in total. The van der Waals surface area contributed by atoms with Gasteiger partial charge in [0.1, 0.15) is 0 Å². The molecule has 0 heterocycles. The summed E-state index contributed by atoms with van der Waals surface area (Å²) >= 11 is 0. The van der Waals surface area contributed by atoms with Gasteiger partial charge in [0.25, 0.3) is 0 Å². The van der Waals surface area contributed by atoms with E-state index in [1.165, 1.54) is 6.42 Å². The maximum atomic E-state index is 13.5. The highest BCUT2D eigenvalue weighted by Crippen LogP contribution is 2.55. The number of nitrogens with one attached hydrogen (secondary N) is 1. The number of fused-ring (bicyclic) bond motifs is 1. The molecule has 0 bridgehead atoms. The van der Waals surface area contributed by atoms with Gasteiger partial charge in [0, 0.05) is 45.2 Å². The first-order chi connectivity index (χ1) is 16.7. The molecule has 202 valence electrons. The maximum Gasteiger partial charge on any atom is 0.225 e. The number of carbonyl (C=O) groups is 2. The van der Waals surface area contributed by atoms with Crippen LogP contribution < -0.4 is 5.32 Å². The number of rotatable bonds is 10. The van der Waals surface area contributed by atoms with E-state index in [0.29, 0.717) is 26.3 Å². The van der Waals surface area contributed by atoms with Gasteiger partial charge in [0.05, 0.1) is 19.3 Å². The summed E-state index contributed by atoms with van der Waals surface area (Å²) in [6, 6.07) is 0.0989. The molecule has 3 aliphatic rings. The molecule has 0 aromatic rings. The summed E-state index contributed by atoms with van der Waals surface area (Å²) in [7, 11) is 3.28. The second-order valence-electron chi connectivity index (χ2n) is 11.8. The summed E-state index contributed by atoms with van der Waals surface area (Å²) in [5, 5.41) is 15.1. The van der Waals surface area contributed by atoms with Crippen molar-refractivity contribution < 1.29 is 24.2 Å². The van der Waals surface area contributed by atoms with Crippen LogP contribution in [0.15, 0.2) is 0 Å². The first kappa shape index (κ1) is 28.4. The van der Waals surface area contributed by atoms with Crippen molar-refractivity contribution in [3.8, 4) is 0 Å². The number of aliphatic hydroxyl groups excluding tert-OH is 1.